The van der Waals surface area contributed by atoms with E-state index in [1.807, 2.05) is 4.90 Å². The van der Waals surface area contributed by atoms with Crippen LogP contribution >= 0.6 is 0 Å². The normalized spacial score (nSPS) is 15.4. The van der Waals surface area contributed by atoms with E-state index in [1.54, 1.807) is 4.90 Å². The predicted octanol–water partition coefficient (Wildman–Crippen LogP) is -0.352. The largest absolute Gasteiger partial charge is 0.364 e. The summed E-state index contributed by atoms with van der Waals surface area (Å²) in [5, 5.41) is 26.1. The number of non-ortho nitro benzene ring substituents is 1. The van der Waals surface area contributed by atoms with E-state index in [1.165, 1.54) is 12.1 Å². The number of carbonyl (C=O) groups excluding carboxylic acids is 1. The van der Waals surface area contributed by atoms with Crippen molar-refractivity contribution < 1.29 is 19.2 Å². The first-order valence-electron chi connectivity index (χ1n) is 6.23. The van der Waals surface area contributed by atoms with Gasteiger partial charge in [-0.1, -0.05) is 0 Å². The number of rotatable bonds is 3. The molecule has 1 fully saturated rings. The smallest absolute Gasteiger partial charge is 0.327 e. The highest BCUT2D eigenvalue weighted by Crippen LogP contribution is 2.30. The summed E-state index contributed by atoms with van der Waals surface area (Å²) in [5.41, 5.74) is 0.185. The lowest BCUT2D eigenvalue weighted by Crippen LogP contribution is -2.46. The van der Waals surface area contributed by atoms with Crippen LogP contribution in [0.25, 0.3) is 11.0 Å². The number of nitrogens with zero attached hydrogens (tertiary/aromatic N) is 5. The molecule has 0 saturated carbocycles. The van der Waals surface area contributed by atoms with Gasteiger partial charge in [-0.05, 0) is 11.0 Å². The van der Waals surface area contributed by atoms with Crippen molar-refractivity contribution in [3.05, 3.63) is 27.5 Å². The molecule has 1 aromatic heterocycles. The molecule has 2 heterocycles. The van der Waals surface area contributed by atoms with E-state index < -0.39 is 4.92 Å². The minimum absolute atomic E-state index is 0.0313. The maximum Gasteiger partial charge on any atom is 0.327 e. The Kier molecular flexibility index (Phi) is 3.05. The van der Waals surface area contributed by atoms with Crippen LogP contribution in [0, 0.1) is 15.3 Å². The van der Waals surface area contributed by atoms with Gasteiger partial charge < -0.3 is 15.0 Å². The summed E-state index contributed by atoms with van der Waals surface area (Å²) in [4.78, 5) is 24.7. The van der Waals surface area contributed by atoms with Crippen LogP contribution in [0.5, 0.6) is 0 Å². The first-order chi connectivity index (χ1) is 10.1. The molecule has 10 heteroatoms. The molecule has 0 unspecified atom stereocenters. The maximum atomic E-state index is 11.7. The van der Waals surface area contributed by atoms with E-state index in [2.05, 4.69) is 9.79 Å². The summed E-state index contributed by atoms with van der Waals surface area (Å²) in [6.07, 6.45) is 0.774. The van der Waals surface area contributed by atoms with Crippen LogP contribution in [0.3, 0.4) is 0 Å². The fraction of sp³-hybridized carbons (Fsp3) is 0.364. The molecule has 21 heavy (non-hydrogen) atoms. The highest BCUT2D eigenvalue weighted by Gasteiger charge is 2.29. The lowest BCUT2D eigenvalue weighted by molar-refractivity contribution is -0.782. The van der Waals surface area contributed by atoms with Gasteiger partial charge in [-0.15, -0.1) is 0 Å². The Balaban J connectivity index is 2.04. The SMILES string of the molecule is O=CN1CCN(c2ccc([N+](=O)[O-])c3no[n+]([O-])c23)CC1. The Bertz CT molecular complexity index is 706. The molecule has 0 bridgehead atoms. The Labute approximate surface area is 117 Å². The number of hydrogen-bond donors (Lipinski definition) is 0. The number of piperazine rings is 1. The van der Waals surface area contributed by atoms with E-state index in [0.717, 1.165) is 6.41 Å². The van der Waals surface area contributed by atoms with Gasteiger partial charge in [0.1, 0.15) is 0 Å². The summed E-state index contributed by atoms with van der Waals surface area (Å²) in [6.45, 7) is 2.09. The molecule has 2 aromatic rings. The molecule has 0 atom stereocenters. The third kappa shape index (κ3) is 2.10. The summed E-state index contributed by atoms with van der Waals surface area (Å²) in [7, 11) is 0. The van der Waals surface area contributed by atoms with Crippen LogP contribution in [0.15, 0.2) is 16.8 Å². The highest BCUT2D eigenvalue weighted by molar-refractivity contribution is 5.91. The Hall–Kier alpha value is -2.91. The summed E-state index contributed by atoms with van der Waals surface area (Å²) < 4.78 is 4.49. The van der Waals surface area contributed by atoms with Gasteiger partial charge in [-0.25, -0.2) is 0 Å². The van der Waals surface area contributed by atoms with Crippen LogP contribution in [0.1, 0.15) is 0 Å². The first kappa shape index (κ1) is 13.1. The number of carbonyl (C=O) groups is 1. The van der Waals surface area contributed by atoms with Gasteiger partial charge in [0.2, 0.25) is 6.41 Å². The van der Waals surface area contributed by atoms with Crippen molar-refractivity contribution >= 4 is 28.8 Å². The number of nitro groups is 1. The van der Waals surface area contributed by atoms with Crippen LogP contribution in [-0.4, -0.2) is 47.6 Å². The molecular formula is C11H11N5O5. The zero-order chi connectivity index (χ0) is 15.0. The first-order valence-corrected chi connectivity index (χ1v) is 6.23. The van der Waals surface area contributed by atoms with Gasteiger partial charge in [0.05, 0.1) is 15.8 Å². The molecule has 1 amide bonds. The van der Waals surface area contributed by atoms with Gasteiger partial charge >= 0.3 is 11.2 Å². The number of amides is 1. The van der Waals surface area contributed by atoms with Gasteiger partial charge in [-0.2, -0.15) is 0 Å². The van der Waals surface area contributed by atoms with Crippen molar-refractivity contribution in [3.63, 3.8) is 0 Å². The molecular weight excluding hydrogens is 282 g/mol. The second-order valence-corrected chi connectivity index (χ2v) is 4.62. The number of hydrogen-bond acceptors (Lipinski definition) is 7. The third-order valence-electron chi connectivity index (χ3n) is 3.50. The Morgan fingerprint density at radius 3 is 2.67 bits per heavy atom. The number of nitro benzene ring substituents is 1. The molecule has 0 spiro atoms. The summed E-state index contributed by atoms with van der Waals surface area (Å²) in [5.74, 6) is 0. The predicted molar refractivity (Wildman–Crippen MR) is 69.5 cm³/mol. The monoisotopic (exact) mass is 293 g/mol. The zero-order valence-electron chi connectivity index (χ0n) is 10.8. The van der Waals surface area contributed by atoms with Crippen molar-refractivity contribution in [2.45, 2.75) is 0 Å². The van der Waals surface area contributed by atoms with E-state index in [4.69, 9.17) is 0 Å². The van der Waals surface area contributed by atoms with E-state index in [0.29, 0.717) is 31.9 Å². The molecule has 0 aliphatic carbocycles. The number of anilines is 1. The lowest BCUT2D eigenvalue weighted by Gasteiger charge is -2.33. The summed E-state index contributed by atoms with van der Waals surface area (Å²) in [6, 6.07) is 2.80. The molecule has 0 N–H and O–H groups in total. The number of fused-ring (bicyclic) bond motifs is 1. The quantitative estimate of drug-likeness (QED) is 0.328. The molecule has 1 aromatic carbocycles. The highest BCUT2D eigenvalue weighted by atomic mass is 16.8. The molecule has 0 radical (unpaired) electrons. The summed E-state index contributed by atoms with van der Waals surface area (Å²) >= 11 is 0. The van der Waals surface area contributed by atoms with Gasteiger partial charge in [0.15, 0.2) is 0 Å². The molecule has 1 saturated heterocycles. The topological polar surface area (TPSA) is 120 Å². The molecule has 3 rings (SSSR count). The Morgan fingerprint density at radius 2 is 2.05 bits per heavy atom. The minimum atomic E-state index is -0.612. The van der Waals surface area contributed by atoms with Crippen molar-refractivity contribution in [3.8, 4) is 0 Å². The fourth-order valence-corrected chi connectivity index (χ4v) is 2.42. The lowest BCUT2D eigenvalue weighted by atomic mass is 10.2. The van der Waals surface area contributed by atoms with Crippen LogP contribution in [0.2, 0.25) is 0 Å². The average molecular weight is 293 g/mol. The van der Waals surface area contributed by atoms with Crippen molar-refractivity contribution in [2.75, 3.05) is 31.1 Å². The molecule has 1 aliphatic heterocycles. The number of benzene rings is 1. The van der Waals surface area contributed by atoms with Crippen molar-refractivity contribution in [2.24, 2.45) is 0 Å². The van der Waals surface area contributed by atoms with Crippen LogP contribution < -0.4 is 9.80 Å². The fourth-order valence-electron chi connectivity index (χ4n) is 2.42. The van der Waals surface area contributed by atoms with Crippen molar-refractivity contribution in [1.82, 2.24) is 10.1 Å². The van der Waals surface area contributed by atoms with Crippen molar-refractivity contribution in [1.29, 1.82) is 0 Å². The van der Waals surface area contributed by atoms with Crippen LogP contribution in [-0.2, 0) is 4.79 Å². The van der Waals surface area contributed by atoms with Crippen LogP contribution in [0.4, 0.5) is 11.4 Å². The molecule has 110 valence electrons. The maximum absolute atomic E-state index is 11.7. The second kappa shape index (κ2) is 4.89. The average Bonchev–Trinajstić information content (AvgIpc) is 2.89. The minimum Gasteiger partial charge on any atom is -0.364 e. The third-order valence-corrected chi connectivity index (χ3v) is 3.50. The van der Waals surface area contributed by atoms with Gasteiger partial charge in [0, 0.05) is 32.2 Å². The van der Waals surface area contributed by atoms with E-state index in [-0.39, 0.29) is 21.6 Å². The molecule has 10 nitrogen and oxygen atoms in total. The molecule has 1 aliphatic rings. The standard InChI is InChI=1S/C11H11N5O5/c17-7-13-3-5-14(6-4-13)9-2-1-8(15(18)19)10-11(9)16(20)21-12-10/h1-2,7H,3-6H2. The second-order valence-electron chi connectivity index (χ2n) is 4.62. The Morgan fingerprint density at radius 1 is 1.33 bits per heavy atom. The van der Waals surface area contributed by atoms with Gasteiger partial charge in [-0.3, -0.25) is 19.5 Å². The number of aromatic nitrogens is 2. The van der Waals surface area contributed by atoms with E-state index >= 15 is 0 Å². The zero-order valence-corrected chi connectivity index (χ0v) is 10.8. The van der Waals surface area contributed by atoms with Gasteiger partial charge in [0.25, 0.3) is 5.52 Å². The van der Waals surface area contributed by atoms with E-state index in [9.17, 15) is 20.1 Å².